The molecule has 0 radical (unpaired) electrons. The Hall–Kier alpha value is -1.81. The maximum Gasteiger partial charge on any atom is 0.253 e. The summed E-state index contributed by atoms with van der Waals surface area (Å²) < 4.78 is 0. The second-order valence-corrected chi connectivity index (χ2v) is 5.47. The first-order valence-corrected chi connectivity index (χ1v) is 7.20. The smallest absolute Gasteiger partial charge is 0.253 e. The number of aryl methyl sites for hydroxylation is 1. The molecule has 3 N–H and O–H groups in total. The van der Waals surface area contributed by atoms with Crippen molar-refractivity contribution in [3.05, 3.63) is 51.7 Å². The number of hydrogen-bond acceptors (Lipinski definition) is 3. The molecule has 0 spiro atoms. The highest BCUT2D eigenvalue weighted by molar-refractivity contribution is 7.10. The summed E-state index contributed by atoms with van der Waals surface area (Å²) >= 11 is 1.65. The highest BCUT2D eigenvalue weighted by Crippen LogP contribution is 2.23. The van der Waals surface area contributed by atoms with E-state index in [0.717, 1.165) is 12.0 Å². The molecule has 0 aliphatic heterocycles. The Labute approximate surface area is 117 Å². The van der Waals surface area contributed by atoms with Gasteiger partial charge in [0.05, 0.1) is 11.6 Å². The number of carbonyl (C=O) groups is 1. The molecule has 0 aliphatic carbocycles. The number of benzene rings is 1. The van der Waals surface area contributed by atoms with Gasteiger partial charge in [-0.15, -0.1) is 11.3 Å². The molecule has 0 bridgehead atoms. The number of nitrogens with two attached hydrogens (primary N) is 1. The highest BCUT2D eigenvalue weighted by atomic mass is 32.1. The van der Waals surface area contributed by atoms with Crippen LogP contribution >= 0.6 is 11.3 Å². The Morgan fingerprint density at radius 1 is 1.37 bits per heavy atom. The fraction of sp³-hybridized carbons (Fsp3) is 0.267. The molecule has 0 saturated heterocycles. The summed E-state index contributed by atoms with van der Waals surface area (Å²) in [6.07, 6.45) is 0.859. The molecule has 19 heavy (non-hydrogen) atoms. The number of hydrogen-bond donors (Lipinski definition) is 2. The van der Waals surface area contributed by atoms with Crippen LogP contribution in [0.1, 0.15) is 40.2 Å². The second kappa shape index (κ2) is 5.89. The van der Waals surface area contributed by atoms with Gasteiger partial charge in [0.25, 0.3) is 5.91 Å². The largest absolute Gasteiger partial charge is 0.398 e. The van der Waals surface area contributed by atoms with Crippen molar-refractivity contribution in [3.63, 3.8) is 0 Å². The molecule has 4 heteroatoms. The van der Waals surface area contributed by atoms with Gasteiger partial charge in [0.2, 0.25) is 0 Å². The monoisotopic (exact) mass is 274 g/mol. The van der Waals surface area contributed by atoms with E-state index in [1.165, 1.54) is 4.88 Å². The summed E-state index contributed by atoms with van der Waals surface area (Å²) in [5.41, 5.74) is 8.00. The standard InChI is InChI=1S/C15H18N2OS/c1-3-12(13-8-5-9-19-13)17-15(18)11-7-4-6-10(2)14(11)16/h4-9,12H,3,16H2,1-2H3,(H,17,18). The average molecular weight is 274 g/mol. The van der Waals surface area contributed by atoms with Crippen LogP contribution < -0.4 is 11.1 Å². The summed E-state index contributed by atoms with van der Waals surface area (Å²) in [5, 5.41) is 5.06. The number of thiophene rings is 1. The summed E-state index contributed by atoms with van der Waals surface area (Å²) in [7, 11) is 0. The molecule has 100 valence electrons. The SMILES string of the molecule is CCC(NC(=O)c1cccc(C)c1N)c1cccs1. The molecular formula is C15H18N2OS. The maximum absolute atomic E-state index is 12.3. The molecule has 3 nitrogen and oxygen atoms in total. The Morgan fingerprint density at radius 2 is 2.16 bits per heavy atom. The molecular weight excluding hydrogens is 256 g/mol. The van der Waals surface area contributed by atoms with Gasteiger partial charge in [-0.25, -0.2) is 0 Å². The third-order valence-electron chi connectivity index (χ3n) is 3.17. The van der Waals surface area contributed by atoms with Gasteiger partial charge >= 0.3 is 0 Å². The van der Waals surface area contributed by atoms with Gasteiger partial charge in [0.1, 0.15) is 0 Å². The minimum Gasteiger partial charge on any atom is -0.398 e. The predicted octanol–water partition coefficient (Wildman–Crippen LogP) is 3.52. The topological polar surface area (TPSA) is 55.1 Å². The maximum atomic E-state index is 12.3. The summed E-state index contributed by atoms with van der Waals surface area (Å²) in [6, 6.07) is 9.61. The van der Waals surface area contributed by atoms with Gasteiger partial charge in [0.15, 0.2) is 0 Å². The lowest BCUT2D eigenvalue weighted by molar-refractivity contribution is 0.0937. The van der Waals surface area contributed by atoms with Crippen LogP contribution in [-0.4, -0.2) is 5.91 Å². The zero-order valence-electron chi connectivity index (χ0n) is 11.1. The Bertz CT molecular complexity index is 564. The van der Waals surface area contributed by atoms with Gasteiger partial charge in [-0.2, -0.15) is 0 Å². The van der Waals surface area contributed by atoms with E-state index in [0.29, 0.717) is 11.3 Å². The predicted molar refractivity (Wildman–Crippen MR) is 80.4 cm³/mol. The van der Waals surface area contributed by atoms with Crippen LogP contribution in [0.2, 0.25) is 0 Å². The first kappa shape index (κ1) is 13.6. The first-order chi connectivity index (χ1) is 9.13. The molecule has 0 fully saturated rings. The van der Waals surface area contributed by atoms with Crippen LogP contribution in [0.3, 0.4) is 0 Å². The van der Waals surface area contributed by atoms with Gasteiger partial charge in [0, 0.05) is 10.6 Å². The Kier molecular flexibility index (Phi) is 4.22. The van der Waals surface area contributed by atoms with Crippen LogP contribution in [0.25, 0.3) is 0 Å². The van der Waals surface area contributed by atoms with Crippen LogP contribution in [0, 0.1) is 6.92 Å². The van der Waals surface area contributed by atoms with Crippen molar-refractivity contribution in [2.24, 2.45) is 0 Å². The Morgan fingerprint density at radius 3 is 2.79 bits per heavy atom. The third kappa shape index (κ3) is 2.96. The number of nitrogen functional groups attached to an aromatic ring is 1. The van der Waals surface area contributed by atoms with E-state index in [-0.39, 0.29) is 11.9 Å². The molecule has 2 rings (SSSR count). The normalized spacial score (nSPS) is 12.1. The quantitative estimate of drug-likeness (QED) is 0.838. The summed E-state index contributed by atoms with van der Waals surface area (Å²) in [4.78, 5) is 13.5. The molecule has 1 aromatic heterocycles. The van der Waals surface area contributed by atoms with Crippen LogP contribution in [0.4, 0.5) is 5.69 Å². The summed E-state index contributed by atoms with van der Waals surface area (Å²) in [6.45, 7) is 3.97. The molecule has 1 amide bonds. The lowest BCUT2D eigenvalue weighted by atomic mass is 10.1. The van der Waals surface area contributed by atoms with E-state index < -0.39 is 0 Å². The molecule has 1 aromatic carbocycles. The van der Waals surface area contributed by atoms with Gasteiger partial charge in [-0.05, 0) is 36.4 Å². The molecule has 1 unspecified atom stereocenters. The summed E-state index contributed by atoms with van der Waals surface area (Å²) in [5.74, 6) is -0.110. The minimum atomic E-state index is -0.110. The number of carbonyl (C=O) groups excluding carboxylic acids is 1. The van der Waals surface area contributed by atoms with Crippen molar-refractivity contribution in [3.8, 4) is 0 Å². The van der Waals surface area contributed by atoms with Crippen LogP contribution in [0.15, 0.2) is 35.7 Å². The second-order valence-electron chi connectivity index (χ2n) is 4.49. The molecule has 1 heterocycles. The van der Waals surface area contributed by atoms with E-state index in [1.54, 1.807) is 17.4 Å². The molecule has 0 saturated carbocycles. The van der Waals surface area contributed by atoms with E-state index in [4.69, 9.17) is 5.73 Å². The number of rotatable bonds is 4. The van der Waals surface area contributed by atoms with Crippen LogP contribution in [-0.2, 0) is 0 Å². The van der Waals surface area contributed by atoms with E-state index in [2.05, 4.69) is 12.2 Å². The van der Waals surface area contributed by atoms with E-state index >= 15 is 0 Å². The van der Waals surface area contributed by atoms with Crippen molar-refractivity contribution >= 4 is 22.9 Å². The van der Waals surface area contributed by atoms with Crippen molar-refractivity contribution in [1.82, 2.24) is 5.32 Å². The fourth-order valence-corrected chi connectivity index (χ4v) is 2.84. The first-order valence-electron chi connectivity index (χ1n) is 6.32. The van der Waals surface area contributed by atoms with E-state index in [1.807, 2.05) is 36.6 Å². The number of para-hydroxylation sites is 1. The average Bonchev–Trinajstić information content (AvgIpc) is 2.92. The number of nitrogens with one attached hydrogen (secondary N) is 1. The lowest BCUT2D eigenvalue weighted by Crippen LogP contribution is -2.28. The highest BCUT2D eigenvalue weighted by Gasteiger charge is 2.17. The van der Waals surface area contributed by atoms with E-state index in [9.17, 15) is 4.79 Å². The zero-order chi connectivity index (χ0) is 13.8. The van der Waals surface area contributed by atoms with Gasteiger partial charge in [-0.3, -0.25) is 4.79 Å². The molecule has 2 aromatic rings. The molecule has 0 aliphatic rings. The Balaban J connectivity index is 2.18. The van der Waals surface area contributed by atoms with Crippen molar-refractivity contribution in [2.75, 3.05) is 5.73 Å². The van der Waals surface area contributed by atoms with Crippen molar-refractivity contribution in [2.45, 2.75) is 26.3 Å². The van der Waals surface area contributed by atoms with Crippen molar-refractivity contribution < 1.29 is 4.79 Å². The zero-order valence-corrected chi connectivity index (χ0v) is 12.0. The number of amides is 1. The third-order valence-corrected chi connectivity index (χ3v) is 4.15. The van der Waals surface area contributed by atoms with Gasteiger partial charge in [-0.1, -0.05) is 25.1 Å². The molecule has 1 atom stereocenters. The van der Waals surface area contributed by atoms with Crippen molar-refractivity contribution in [1.29, 1.82) is 0 Å². The number of anilines is 1. The minimum absolute atomic E-state index is 0.0485. The fourth-order valence-electron chi connectivity index (χ4n) is 1.98. The lowest BCUT2D eigenvalue weighted by Gasteiger charge is -2.16. The van der Waals surface area contributed by atoms with Crippen LogP contribution in [0.5, 0.6) is 0 Å². The van der Waals surface area contributed by atoms with Gasteiger partial charge < -0.3 is 11.1 Å².